The maximum Gasteiger partial charge on any atom is 0.295 e. The van der Waals surface area contributed by atoms with Crippen LogP contribution >= 0.6 is 0 Å². The Hall–Kier alpha value is -3.87. The number of aryl methyl sites for hydroxylation is 2. The first-order valence-corrected chi connectivity index (χ1v) is 11.4. The van der Waals surface area contributed by atoms with Gasteiger partial charge in [-0.05, 0) is 57.0 Å². The summed E-state index contributed by atoms with van der Waals surface area (Å²) in [5.41, 5.74) is 2.42. The van der Waals surface area contributed by atoms with Crippen LogP contribution < -0.4 is 4.74 Å². The van der Waals surface area contributed by atoms with Gasteiger partial charge in [0.1, 0.15) is 11.5 Å². The molecular weight excluding hydrogens is 430 g/mol. The van der Waals surface area contributed by atoms with Crippen LogP contribution in [0.3, 0.4) is 0 Å². The average Bonchev–Trinajstić information content (AvgIpc) is 3.42. The van der Waals surface area contributed by atoms with Crippen molar-refractivity contribution in [3.05, 3.63) is 89.5 Å². The van der Waals surface area contributed by atoms with Crippen LogP contribution in [0.15, 0.2) is 72.8 Å². The highest BCUT2D eigenvalue weighted by Gasteiger charge is 2.45. The van der Waals surface area contributed by atoms with Crippen molar-refractivity contribution in [3.8, 4) is 5.75 Å². The number of ketones is 1. The van der Waals surface area contributed by atoms with E-state index in [-0.39, 0.29) is 17.4 Å². The van der Waals surface area contributed by atoms with Crippen LogP contribution in [0, 0.1) is 6.92 Å². The molecule has 2 heterocycles. The molecular formula is C27H29N3O4. The Morgan fingerprint density at radius 1 is 1.06 bits per heavy atom. The number of Topliss-reactive ketones (excluding diaryl/α,β-unsaturated/α-hetero) is 1. The van der Waals surface area contributed by atoms with Crippen LogP contribution in [-0.2, 0) is 16.1 Å². The lowest BCUT2D eigenvalue weighted by Gasteiger charge is -2.25. The number of imidazole rings is 1. The maximum atomic E-state index is 13.1. The van der Waals surface area contributed by atoms with Gasteiger partial charge in [0.25, 0.3) is 11.7 Å². The monoisotopic (exact) mass is 459 g/mol. The summed E-state index contributed by atoms with van der Waals surface area (Å²) >= 11 is 0. The number of aliphatic hydroxyl groups is 1. The van der Waals surface area contributed by atoms with E-state index in [9.17, 15) is 14.7 Å². The molecule has 0 radical (unpaired) electrons. The molecule has 7 nitrogen and oxygen atoms in total. The van der Waals surface area contributed by atoms with Crippen molar-refractivity contribution < 1.29 is 19.4 Å². The molecule has 176 valence electrons. The number of aromatic nitrogens is 2. The van der Waals surface area contributed by atoms with Gasteiger partial charge in [0.2, 0.25) is 0 Å². The molecule has 1 fully saturated rings. The highest BCUT2D eigenvalue weighted by Crippen LogP contribution is 2.39. The van der Waals surface area contributed by atoms with Crippen LogP contribution in [0.25, 0.3) is 5.76 Å². The van der Waals surface area contributed by atoms with Crippen LogP contribution in [0.2, 0.25) is 0 Å². The number of benzene rings is 2. The van der Waals surface area contributed by atoms with Gasteiger partial charge in [-0.3, -0.25) is 9.59 Å². The molecule has 7 heteroatoms. The number of hydrogen-bond donors (Lipinski definition) is 1. The standard InChI is InChI=1S/C27H29N3O4/c1-18(2)34-22-11-9-21(10-12-22)25(31)23-24(20-7-5-19(3)6-8-20)30(27(33)26(23)32)15-4-14-29-16-13-28-17-29/h5-13,16-18,24,31H,4,14-15H2,1-3H3/b25-23+/t24-/m1/s1. The third kappa shape index (κ3) is 4.88. The first kappa shape index (κ1) is 23.3. The van der Waals surface area contributed by atoms with E-state index < -0.39 is 17.7 Å². The Kier molecular flexibility index (Phi) is 6.82. The molecule has 1 aliphatic rings. The van der Waals surface area contributed by atoms with Crippen molar-refractivity contribution in [2.24, 2.45) is 0 Å². The number of aliphatic hydroxyl groups excluding tert-OH is 1. The third-order valence-corrected chi connectivity index (χ3v) is 5.81. The zero-order valence-electron chi connectivity index (χ0n) is 19.6. The lowest BCUT2D eigenvalue weighted by atomic mass is 9.94. The van der Waals surface area contributed by atoms with Crippen LogP contribution in [-0.4, -0.2) is 43.9 Å². The quantitative estimate of drug-likeness (QED) is 0.305. The summed E-state index contributed by atoms with van der Waals surface area (Å²) in [6, 6.07) is 13.9. The fourth-order valence-electron chi connectivity index (χ4n) is 4.17. The lowest BCUT2D eigenvalue weighted by Crippen LogP contribution is -2.31. The summed E-state index contributed by atoms with van der Waals surface area (Å²) in [6.45, 7) is 6.89. The van der Waals surface area contributed by atoms with Crippen LogP contribution in [0.4, 0.5) is 0 Å². The molecule has 1 aromatic heterocycles. The second-order valence-corrected chi connectivity index (χ2v) is 8.75. The zero-order valence-corrected chi connectivity index (χ0v) is 19.6. The van der Waals surface area contributed by atoms with Gasteiger partial charge >= 0.3 is 0 Å². The molecule has 0 bridgehead atoms. The van der Waals surface area contributed by atoms with Crippen molar-refractivity contribution in [1.82, 2.24) is 14.5 Å². The van der Waals surface area contributed by atoms with E-state index in [1.165, 1.54) is 0 Å². The third-order valence-electron chi connectivity index (χ3n) is 5.81. The minimum atomic E-state index is -0.673. The molecule has 1 amide bonds. The van der Waals surface area contributed by atoms with Gasteiger partial charge in [-0.1, -0.05) is 29.8 Å². The van der Waals surface area contributed by atoms with Gasteiger partial charge in [-0.15, -0.1) is 0 Å². The summed E-state index contributed by atoms with van der Waals surface area (Å²) in [7, 11) is 0. The molecule has 0 spiro atoms. The Bertz CT molecular complexity index is 1180. The van der Waals surface area contributed by atoms with E-state index in [2.05, 4.69) is 4.98 Å². The van der Waals surface area contributed by atoms with Crippen molar-refractivity contribution in [3.63, 3.8) is 0 Å². The SMILES string of the molecule is Cc1ccc([C@@H]2/C(=C(\O)c3ccc(OC(C)C)cc3)C(=O)C(=O)N2CCCn2ccnc2)cc1. The van der Waals surface area contributed by atoms with Gasteiger partial charge in [-0.25, -0.2) is 4.98 Å². The lowest BCUT2D eigenvalue weighted by molar-refractivity contribution is -0.139. The topological polar surface area (TPSA) is 84.7 Å². The molecule has 1 saturated heterocycles. The second-order valence-electron chi connectivity index (χ2n) is 8.75. The maximum absolute atomic E-state index is 13.1. The molecule has 0 unspecified atom stereocenters. The first-order chi connectivity index (χ1) is 16.3. The molecule has 2 aromatic carbocycles. The number of ether oxygens (including phenoxy) is 1. The van der Waals surface area contributed by atoms with Gasteiger partial charge < -0.3 is 19.3 Å². The van der Waals surface area contributed by atoms with E-state index in [0.29, 0.717) is 30.8 Å². The molecule has 0 aliphatic carbocycles. The molecule has 0 saturated carbocycles. The predicted molar refractivity (Wildman–Crippen MR) is 129 cm³/mol. The predicted octanol–water partition coefficient (Wildman–Crippen LogP) is 4.49. The molecule has 3 aromatic rings. The second kappa shape index (κ2) is 9.95. The van der Waals surface area contributed by atoms with Crippen LogP contribution in [0.1, 0.15) is 43.0 Å². The van der Waals surface area contributed by atoms with Crippen molar-refractivity contribution >= 4 is 17.4 Å². The number of rotatable bonds is 8. The number of amides is 1. The summed E-state index contributed by atoms with van der Waals surface area (Å²) in [5, 5.41) is 11.2. The summed E-state index contributed by atoms with van der Waals surface area (Å²) in [6.07, 6.45) is 5.95. The number of likely N-dealkylation sites (tertiary alicyclic amines) is 1. The Labute approximate surface area is 199 Å². The van der Waals surface area contributed by atoms with Crippen molar-refractivity contribution in [2.45, 2.75) is 45.9 Å². The van der Waals surface area contributed by atoms with Crippen LogP contribution in [0.5, 0.6) is 5.75 Å². The average molecular weight is 460 g/mol. The van der Waals surface area contributed by atoms with Gasteiger partial charge in [0, 0.05) is 31.0 Å². The Morgan fingerprint density at radius 3 is 2.38 bits per heavy atom. The number of carbonyl (C=O) groups excluding carboxylic acids is 2. The minimum absolute atomic E-state index is 0.0219. The summed E-state index contributed by atoms with van der Waals surface area (Å²) in [5.74, 6) is -0.788. The van der Waals surface area contributed by atoms with Gasteiger partial charge in [0.15, 0.2) is 0 Å². The smallest absolute Gasteiger partial charge is 0.295 e. The Morgan fingerprint density at radius 2 is 1.76 bits per heavy atom. The molecule has 34 heavy (non-hydrogen) atoms. The van der Waals surface area contributed by atoms with Gasteiger partial charge in [0.05, 0.1) is 24.0 Å². The summed E-state index contributed by atoms with van der Waals surface area (Å²) in [4.78, 5) is 31.8. The fourth-order valence-corrected chi connectivity index (χ4v) is 4.17. The largest absolute Gasteiger partial charge is 0.507 e. The van der Waals surface area contributed by atoms with E-state index in [1.54, 1.807) is 41.7 Å². The molecule has 1 atom stereocenters. The van der Waals surface area contributed by atoms with Gasteiger partial charge in [-0.2, -0.15) is 0 Å². The highest BCUT2D eigenvalue weighted by molar-refractivity contribution is 6.46. The molecule has 4 rings (SSSR count). The minimum Gasteiger partial charge on any atom is -0.507 e. The van der Waals surface area contributed by atoms with E-state index in [1.807, 2.05) is 55.8 Å². The number of carbonyl (C=O) groups is 2. The fraction of sp³-hybridized carbons (Fsp3) is 0.296. The van der Waals surface area contributed by atoms with E-state index in [0.717, 1.165) is 11.1 Å². The van der Waals surface area contributed by atoms with E-state index >= 15 is 0 Å². The zero-order chi connectivity index (χ0) is 24.2. The van der Waals surface area contributed by atoms with Crippen molar-refractivity contribution in [2.75, 3.05) is 6.54 Å². The first-order valence-electron chi connectivity index (χ1n) is 11.4. The molecule has 1 N–H and O–H groups in total. The number of nitrogens with zero attached hydrogens (tertiary/aromatic N) is 3. The Balaban J connectivity index is 1.69. The normalized spacial score (nSPS) is 17.5. The summed E-state index contributed by atoms with van der Waals surface area (Å²) < 4.78 is 7.60. The van der Waals surface area contributed by atoms with Crippen molar-refractivity contribution in [1.29, 1.82) is 0 Å². The number of hydrogen-bond acceptors (Lipinski definition) is 5. The molecule has 1 aliphatic heterocycles. The highest BCUT2D eigenvalue weighted by atomic mass is 16.5. The van der Waals surface area contributed by atoms with E-state index in [4.69, 9.17) is 4.74 Å².